The maximum Gasteiger partial charge on any atom is 0.312 e. The Morgan fingerprint density at radius 1 is 0.966 bits per heavy atom. The SMILES string of the molecule is O=C(Cc1csc(-c2ccsc2)n1)OCc1ccc(OCc2ccccn2)cc1. The van der Waals surface area contributed by atoms with E-state index >= 15 is 0 Å². The molecule has 0 N–H and O–H groups in total. The Bertz CT molecular complexity index is 1050. The quantitative estimate of drug-likeness (QED) is 0.368. The van der Waals surface area contributed by atoms with Gasteiger partial charge in [-0.05, 0) is 41.3 Å². The molecular weight excluding hydrogens is 404 g/mol. The lowest BCUT2D eigenvalue weighted by atomic mass is 10.2. The van der Waals surface area contributed by atoms with E-state index in [1.807, 2.05) is 64.7 Å². The monoisotopic (exact) mass is 422 g/mol. The number of ether oxygens (including phenoxy) is 2. The zero-order valence-electron chi connectivity index (χ0n) is 15.5. The zero-order valence-corrected chi connectivity index (χ0v) is 17.1. The third-order valence-corrected chi connectivity index (χ3v) is 5.70. The van der Waals surface area contributed by atoms with Crippen molar-refractivity contribution >= 4 is 28.6 Å². The minimum Gasteiger partial charge on any atom is -0.487 e. The van der Waals surface area contributed by atoms with Gasteiger partial charge < -0.3 is 9.47 Å². The van der Waals surface area contributed by atoms with E-state index in [-0.39, 0.29) is 19.0 Å². The molecule has 3 aromatic heterocycles. The first-order valence-electron chi connectivity index (χ1n) is 9.00. The molecule has 7 heteroatoms. The maximum absolute atomic E-state index is 12.1. The van der Waals surface area contributed by atoms with Gasteiger partial charge in [-0.15, -0.1) is 11.3 Å². The van der Waals surface area contributed by atoms with Crippen LogP contribution in [0.25, 0.3) is 10.6 Å². The van der Waals surface area contributed by atoms with Gasteiger partial charge in [0.2, 0.25) is 0 Å². The minimum absolute atomic E-state index is 0.173. The predicted octanol–water partition coefficient (Wildman–Crippen LogP) is 5.13. The smallest absolute Gasteiger partial charge is 0.312 e. The van der Waals surface area contributed by atoms with Crippen LogP contribution in [0.4, 0.5) is 0 Å². The number of benzene rings is 1. The Labute approximate surface area is 176 Å². The predicted molar refractivity (Wildman–Crippen MR) is 114 cm³/mol. The van der Waals surface area contributed by atoms with Gasteiger partial charge in [0.1, 0.15) is 24.0 Å². The van der Waals surface area contributed by atoms with E-state index in [0.717, 1.165) is 33.3 Å². The summed E-state index contributed by atoms with van der Waals surface area (Å²) in [4.78, 5) is 20.9. The van der Waals surface area contributed by atoms with Crippen LogP contribution in [0.5, 0.6) is 5.75 Å². The number of aromatic nitrogens is 2. The Kier molecular flexibility index (Phi) is 6.29. The fraction of sp³-hybridized carbons (Fsp3) is 0.136. The van der Waals surface area contributed by atoms with Crippen LogP contribution in [-0.2, 0) is 29.2 Å². The molecule has 0 aliphatic carbocycles. The summed E-state index contributed by atoms with van der Waals surface area (Å²) in [6, 6.07) is 15.2. The summed E-state index contributed by atoms with van der Waals surface area (Å²) in [5.41, 5.74) is 3.60. The number of pyridine rings is 1. The molecule has 0 radical (unpaired) electrons. The molecule has 4 rings (SSSR count). The maximum atomic E-state index is 12.1. The molecular formula is C22H18N2O3S2. The first-order chi connectivity index (χ1) is 14.3. The van der Waals surface area contributed by atoms with Crippen LogP contribution in [0.2, 0.25) is 0 Å². The van der Waals surface area contributed by atoms with Gasteiger partial charge in [0.25, 0.3) is 0 Å². The number of hydrogen-bond acceptors (Lipinski definition) is 7. The number of carbonyl (C=O) groups excluding carboxylic acids is 1. The van der Waals surface area contributed by atoms with Crippen molar-refractivity contribution in [3.8, 4) is 16.3 Å². The van der Waals surface area contributed by atoms with Gasteiger partial charge in [0, 0.05) is 22.5 Å². The second kappa shape index (κ2) is 9.45. The molecule has 0 saturated carbocycles. The van der Waals surface area contributed by atoms with Crippen molar-refractivity contribution in [2.45, 2.75) is 19.6 Å². The van der Waals surface area contributed by atoms with E-state index in [1.165, 1.54) is 11.3 Å². The second-order valence-electron chi connectivity index (χ2n) is 6.25. The van der Waals surface area contributed by atoms with Crippen LogP contribution in [0, 0.1) is 0 Å². The number of rotatable bonds is 8. The average Bonchev–Trinajstić information content (AvgIpc) is 3.44. The highest BCUT2D eigenvalue weighted by molar-refractivity contribution is 7.14. The molecule has 0 amide bonds. The molecule has 0 aliphatic heterocycles. The number of thiazole rings is 1. The Morgan fingerprint density at radius 3 is 2.62 bits per heavy atom. The summed E-state index contributed by atoms with van der Waals surface area (Å²) in [7, 11) is 0. The zero-order chi connectivity index (χ0) is 19.9. The largest absolute Gasteiger partial charge is 0.487 e. The lowest BCUT2D eigenvalue weighted by Crippen LogP contribution is -2.08. The van der Waals surface area contributed by atoms with E-state index < -0.39 is 0 Å². The number of nitrogens with zero attached hydrogens (tertiary/aromatic N) is 2. The fourth-order valence-corrected chi connectivity index (χ4v) is 4.12. The second-order valence-corrected chi connectivity index (χ2v) is 7.89. The van der Waals surface area contributed by atoms with Crippen LogP contribution >= 0.6 is 22.7 Å². The fourth-order valence-electron chi connectivity index (χ4n) is 2.59. The van der Waals surface area contributed by atoms with Gasteiger partial charge in [-0.25, -0.2) is 4.98 Å². The molecule has 0 atom stereocenters. The molecule has 0 fully saturated rings. The molecule has 5 nitrogen and oxygen atoms in total. The van der Waals surface area contributed by atoms with Crippen molar-refractivity contribution in [2.24, 2.45) is 0 Å². The van der Waals surface area contributed by atoms with Crippen LogP contribution in [0.3, 0.4) is 0 Å². The minimum atomic E-state index is -0.289. The highest BCUT2D eigenvalue weighted by atomic mass is 32.1. The summed E-state index contributed by atoms with van der Waals surface area (Å²) in [5.74, 6) is 0.455. The van der Waals surface area contributed by atoms with Crippen LogP contribution in [0.1, 0.15) is 17.0 Å². The highest BCUT2D eigenvalue weighted by Crippen LogP contribution is 2.26. The number of carbonyl (C=O) groups is 1. The van der Waals surface area contributed by atoms with Crippen molar-refractivity contribution < 1.29 is 14.3 Å². The number of esters is 1. The van der Waals surface area contributed by atoms with Gasteiger partial charge in [-0.2, -0.15) is 11.3 Å². The summed E-state index contributed by atoms with van der Waals surface area (Å²) < 4.78 is 11.1. The van der Waals surface area contributed by atoms with Gasteiger partial charge >= 0.3 is 5.97 Å². The molecule has 0 unspecified atom stereocenters. The van der Waals surface area contributed by atoms with Crippen LogP contribution in [0.15, 0.2) is 70.9 Å². The van der Waals surface area contributed by atoms with Gasteiger partial charge in [-0.3, -0.25) is 9.78 Å². The molecule has 1 aromatic carbocycles. The Morgan fingerprint density at radius 2 is 1.86 bits per heavy atom. The van der Waals surface area contributed by atoms with Crippen LogP contribution in [-0.4, -0.2) is 15.9 Å². The summed E-state index contributed by atoms with van der Waals surface area (Å²) >= 11 is 3.17. The average molecular weight is 423 g/mol. The third kappa shape index (κ3) is 5.49. The van der Waals surface area contributed by atoms with Gasteiger partial charge in [0.15, 0.2) is 0 Å². The normalized spacial score (nSPS) is 10.6. The van der Waals surface area contributed by atoms with E-state index in [0.29, 0.717) is 6.61 Å². The standard InChI is InChI=1S/C22H18N2O3S2/c25-21(11-19-15-29-22(24-19)17-8-10-28-14-17)27-12-16-4-6-20(7-5-16)26-13-18-3-1-2-9-23-18/h1-10,14-15H,11-13H2. The molecule has 0 aliphatic rings. The van der Waals surface area contributed by atoms with E-state index in [2.05, 4.69) is 9.97 Å². The van der Waals surface area contributed by atoms with Gasteiger partial charge in [-0.1, -0.05) is 18.2 Å². The summed E-state index contributed by atoms with van der Waals surface area (Å²) in [6.07, 6.45) is 1.91. The van der Waals surface area contributed by atoms with Crippen molar-refractivity contribution in [3.63, 3.8) is 0 Å². The summed E-state index contributed by atoms with van der Waals surface area (Å²) in [5, 5.41) is 6.89. The Hall–Kier alpha value is -3.03. The molecule has 4 aromatic rings. The van der Waals surface area contributed by atoms with Gasteiger partial charge in [0.05, 0.1) is 17.8 Å². The number of hydrogen-bond donors (Lipinski definition) is 0. The number of thiophene rings is 1. The molecule has 3 heterocycles. The lowest BCUT2D eigenvalue weighted by molar-refractivity contribution is -0.144. The lowest BCUT2D eigenvalue weighted by Gasteiger charge is -2.07. The van der Waals surface area contributed by atoms with E-state index in [9.17, 15) is 4.79 Å². The van der Waals surface area contributed by atoms with Crippen LogP contribution < -0.4 is 4.74 Å². The topological polar surface area (TPSA) is 61.3 Å². The molecule has 146 valence electrons. The molecule has 0 saturated heterocycles. The third-order valence-electron chi connectivity index (χ3n) is 4.08. The van der Waals surface area contributed by atoms with Crippen molar-refractivity contribution in [1.82, 2.24) is 9.97 Å². The van der Waals surface area contributed by atoms with Crippen molar-refractivity contribution in [1.29, 1.82) is 0 Å². The van der Waals surface area contributed by atoms with E-state index in [4.69, 9.17) is 9.47 Å². The molecule has 0 spiro atoms. The highest BCUT2D eigenvalue weighted by Gasteiger charge is 2.10. The van der Waals surface area contributed by atoms with Crippen molar-refractivity contribution in [3.05, 3.63) is 87.8 Å². The molecule has 0 bridgehead atoms. The first kappa shape index (κ1) is 19.3. The van der Waals surface area contributed by atoms with E-state index in [1.54, 1.807) is 17.5 Å². The molecule has 29 heavy (non-hydrogen) atoms. The first-order valence-corrected chi connectivity index (χ1v) is 10.8. The Balaban J connectivity index is 1.24. The summed E-state index contributed by atoms with van der Waals surface area (Å²) in [6.45, 7) is 0.636. The van der Waals surface area contributed by atoms with Crippen molar-refractivity contribution in [2.75, 3.05) is 0 Å².